The number of aromatic amines is 1. The molecule has 0 aliphatic carbocycles. The van der Waals surface area contributed by atoms with E-state index >= 15 is 0 Å². The molecule has 0 radical (unpaired) electrons. The standard InChI is InChI=1S/C22H22N4O3/c1-3-11-26(18-7-5-17(6-8-18)21(28)23-10-12-27)14-16-4-9-20-19(13-16)22(29)25-15(2)24-20/h1,4-9,13,27H,10-12,14H2,2H3,(H,23,28)(H,24,25,29). The van der Waals surface area contributed by atoms with Crippen molar-refractivity contribution in [3.63, 3.8) is 0 Å². The Morgan fingerprint density at radius 3 is 2.72 bits per heavy atom. The van der Waals surface area contributed by atoms with Gasteiger partial charge in [-0.1, -0.05) is 12.0 Å². The molecular weight excluding hydrogens is 368 g/mol. The van der Waals surface area contributed by atoms with Gasteiger partial charge in [-0.05, 0) is 48.9 Å². The van der Waals surface area contributed by atoms with E-state index in [9.17, 15) is 9.59 Å². The van der Waals surface area contributed by atoms with Crippen LogP contribution in [0.5, 0.6) is 0 Å². The Kier molecular flexibility index (Phi) is 6.27. The normalized spacial score (nSPS) is 10.5. The number of aliphatic hydroxyl groups excluding tert-OH is 1. The molecule has 1 aromatic heterocycles. The molecule has 0 spiro atoms. The third-order valence-corrected chi connectivity index (χ3v) is 4.44. The van der Waals surface area contributed by atoms with E-state index in [1.807, 2.05) is 35.2 Å². The second-order valence-electron chi connectivity index (χ2n) is 6.59. The van der Waals surface area contributed by atoms with Crippen LogP contribution in [-0.4, -0.2) is 40.7 Å². The van der Waals surface area contributed by atoms with Gasteiger partial charge in [-0.3, -0.25) is 9.59 Å². The average Bonchev–Trinajstić information content (AvgIpc) is 2.72. The fourth-order valence-electron chi connectivity index (χ4n) is 3.07. The first-order valence-corrected chi connectivity index (χ1v) is 9.19. The van der Waals surface area contributed by atoms with E-state index in [4.69, 9.17) is 11.5 Å². The summed E-state index contributed by atoms with van der Waals surface area (Å²) in [6.45, 7) is 2.72. The predicted molar refractivity (Wildman–Crippen MR) is 113 cm³/mol. The third-order valence-electron chi connectivity index (χ3n) is 4.44. The van der Waals surface area contributed by atoms with Crippen LogP contribution in [0.2, 0.25) is 0 Å². The van der Waals surface area contributed by atoms with Crippen LogP contribution in [0.1, 0.15) is 21.7 Å². The van der Waals surface area contributed by atoms with E-state index < -0.39 is 0 Å². The molecule has 0 saturated carbocycles. The summed E-state index contributed by atoms with van der Waals surface area (Å²) in [5.41, 5.74) is 2.76. The molecular formula is C22H22N4O3. The van der Waals surface area contributed by atoms with Crippen LogP contribution < -0.4 is 15.8 Å². The number of rotatable bonds is 7. The number of fused-ring (bicyclic) bond motifs is 1. The number of terminal acetylenes is 1. The molecule has 0 fully saturated rings. The summed E-state index contributed by atoms with van der Waals surface area (Å²) in [6.07, 6.45) is 5.54. The van der Waals surface area contributed by atoms with Crippen LogP contribution in [0.3, 0.4) is 0 Å². The molecule has 29 heavy (non-hydrogen) atoms. The number of carbonyl (C=O) groups excluding carboxylic acids is 1. The molecule has 148 valence electrons. The quantitative estimate of drug-likeness (QED) is 0.532. The van der Waals surface area contributed by atoms with Crippen LogP contribution >= 0.6 is 0 Å². The number of anilines is 1. The lowest BCUT2D eigenvalue weighted by molar-refractivity contribution is 0.0945. The number of aromatic nitrogens is 2. The van der Waals surface area contributed by atoms with Gasteiger partial charge >= 0.3 is 0 Å². The van der Waals surface area contributed by atoms with Gasteiger partial charge in [0.05, 0.1) is 24.1 Å². The van der Waals surface area contributed by atoms with E-state index in [0.29, 0.717) is 35.4 Å². The molecule has 3 rings (SSSR count). The zero-order chi connectivity index (χ0) is 20.8. The van der Waals surface area contributed by atoms with Gasteiger partial charge in [-0.15, -0.1) is 6.42 Å². The largest absolute Gasteiger partial charge is 0.395 e. The molecule has 0 aliphatic rings. The van der Waals surface area contributed by atoms with Gasteiger partial charge in [-0.2, -0.15) is 0 Å². The van der Waals surface area contributed by atoms with E-state index in [-0.39, 0.29) is 24.6 Å². The highest BCUT2D eigenvalue weighted by Gasteiger charge is 2.11. The number of benzene rings is 2. The fraction of sp³-hybridized carbons (Fsp3) is 0.227. The minimum absolute atomic E-state index is 0.108. The number of carbonyl (C=O) groups is 1. The molecule has 7 heteroatoms. The SMILES string of the molecule is C#CCN(Cc1ccc2nc(C)[nH]c(=O)c2c1)c1ccc(C(=O)NCCO)cc1. The van der Waals surface area contributed by atoms with Gasteiger partial charge in [0.1, 0.15) is 5.82 Å². The molecule has 0 aliphatic heterocycles. The highest BCUT2D eigenvalue weighted by atomic mass is 16.3. The zero-order valence-electron chi connectivity index (χ0n) is 16.1. The summed E-state index contributed by atoms with van der Waals surface area (Å²) in [7, 11) is 0. The van der Waals surface area contributed by atoms with Crippen molar-refractivity contribution in [1.82, 2.24) is 15.3 Å². The van der Waals surface area contributed by atoms with E-state index in [1.54, 1.807) is 19.1 Å². The number of H-pyrrole nitrogens is 1. The highest BCUT2D eigenvalue weighted by Crippen LogP contribution is 2.19. The molecule has 3 aromatic rings. The average molecular weight is 390 g/mol. The number of hydrogen-bond donors (Lipinski definition) is 3. The fourth-order valence-corrected chi connectivity index (χ4v) is 3.07. The smallest absolute Gasteiger partial charge is 0.258 e. The van der Waals surface area contributed by atoms with Crippen LogP contribution in [-0.2, 0) is 6.54 Å². The molecule has 7 nitrogen and oxygen atoms in total. The van der Waals surface area contributed by atoms with Crippen molar-refractivity contribution in [1.29, 1.82) is 0 Å². The third kappa shape index (κ3) is 4.81. The minimum Gasteiger partial charge on any atom is -0.395 e. The number of hydrogen-bond acceptors (Lipinski definition) is 5. The van der Waals surface area contributed by atoms with Gasteiger partial charge in [0.25, 0.3) is 11.5 Å². The molecule has 0 atom stereocenters. The van der Waals surface area contributed by atoms with Crippen LogP contribution in [0.15, 0.2) is 47.3 Å². The Balaban J connectivity index is 1.83. The van der Waals surface area contributed by atoms with Crippen molar-refractivity contribution in [3.05, 3.63) is 69.8 Å². The summed E-state index contributed by atoms with van der Waals surface area (Å²) in [4.78, 5) is 33.2. The van der Waals surface area contributed by atoms with Gasteiger partial charge in [0.2, 0.25) is 0 Å². The minimum atomic E-state index is -0.245. The van der Waals surface area contributed by atoms with Crippen LogP contribution in [0.25, 0.3) is 10.9 Å². The van der Waals surface area contributed by atoms with Crippen molar-refractivity contribution in [3.8, 4) is 12.3 Å². The van der Waals surface area contributed by atoms with E-state index in [1.165, 1.54) is 0 Å². The Hall–Kier alpha value is -3.63. The monoisotopic (exact) mass is 390 g/mol. The summed E-state index contributed by atoms with van der Waals surface area (Å²) in [6, 6.07) is 12.6. The zero-order valence-corrected chi connectivity index (χ0v) is 16.1. The van der Waals surface area contributed by atoms with Crippen molar-refractivity contribution in [2.45, 2.75) is 13.5 Å². The first kappa shape index (κ1) is 20.1. The molecule has 0 saturated heterocycles. The van der Waals surface area contributed by atoms with Gasteiger partial charge in [0.15, 0.2) is 0 Å². The number of aliphatic hydroxyl groups is 1. The maximum Gasteiger partial charge on any atom is 0.258 e. The number of aryl methyl sites for hydroxylation is 1. The lowest BCUT2D eigenvalue weighted by Crippen LogP contribution is -2.26. The molecule has 1 heterocycles. The summed E-state index contributed by atoms with van der Waals surface area (Å²) < 4.78 is 0. The lowest BCUT2D eigenvalue weighted by Gasteiger charge is -2.23. The Bertz CT molecular complexity index is 1110. The number of amides is 1. The van der Waals surface area contributed by atoms with Crippen molar-refractivity contribution in [2.75, 3.05) is 24.6 Å². The second kappa shape index (κ2) is 9.04. The molecule has 0 bridgehead atoms. The summed E-state index contributed by atoms with van der Waals surface area (Å²) in [5, 5.41) is 12.0. The number of nitrogens with one attached hydrogen (secondary N) is 2. The maximum absolute atomic E-state index is 12.2. The van der Waals surface area contributed by atoms with Crippen molar-refractivity contribution in [2.24, 2.45) is 0 Å². The van der Waals surface area contributed by atoms with E-state index in [0.717, 1.165) is 11.3 Å². The van der Waals surface area contributed by atoms with Gasteiger partial charge < -0.3 is 20.3 Å². The Labute approximate surface area is 168 Å². The molecule has 3 N–H and O–H groups in total. The Morgan fingerprint density at radius 2 is 2.03 bits per heavy atom. The van der Waals surface area contributed by atoms with Gasteiger partial charge in [-0.25, -0.2) is 4.98 Å². The first-order valence-electron chi connectivity index (χ1n) is 9.19. The lowest BCUT2D eigenvalue weighted by atomic mass is 10.1. The molecule has 2 aromatic carbocycles. The predicted octanol–water partition coefficient (Wildman–Crippen LogP) is 1.59. The number of nitrogens with zero attached hydrogens (tertiary/aromatic N) is 2. The second-order valence-corrected chi connectivity index (χ2v) is 6.59. The molecule has 0 unspecified atom stereocenters. The van der Waals surface area contributed by atoms with Crippen molar-refractivity contribution < 1.29 is 9.90 Å². The van der Waals surface area contributed by atoms with Crippen molar-refractivity contribution >= 4 is 22.5 Å². The maximum atomic E-state index is 12.2. The molecule has 1 amide bonds. The van der Waals surface area contributed by atoms with Gasteiger partial charge in [0, 0.05) is 24.3 Å². The highest BCUT2D eigenvalue weighted by molar-refractivity contribution is 5.94. The summed E-state index contributed by atoms with van der Waals surface area (Å²) >= 11 is 0. The van der Waals surface area contributed by atoms with Crippen LogP contribution in [0, 0.1) is 19.3 Å². The Morgan fingerprint density at radius 1 is 1.28 bits per heavy atom. The van der Waals surface area contributed by atoms with E-state index in [2.05, 4.69) is 21.2 Å². The summed E-state index contributed by atoms with van der Waals surface area (Å²) in [5.74, 6) is 2.98. The van der Waals surface area contributed by atoms with Crippen LogP contribution in [0.4, 0.5) is 5.69 Å². The topological polar surface area (TPSA) is 98.3 Å². The first-order chi connectivity index (χ1) is 14.0.